The summed E-state index contributed by atoms with van der Waals surface area (Å²) in [4.78, 5) is 34.7. The fourth-order valence-corrected chi connectivity index (χ4v) is 2.22. The molecule has 1 atom stereocenters. The van der Waals surface area contributed by atoms with Gasteiger partial charge in [0.25, 0.3) is 0 Å². The van der Waals surface area contributed by atoms with E-state index in [9.17, 15) is 14.4 Å². The summed E-state index contributed by atoms with van der Waals surface area (Å²) >= 11 is 0. The Morgan fingerprint density at radius 1 is 1.00 bits per heavy atom. The molecule has 0 aliphatic rings. The Balaban J connectivity index is 3.81. The Hall–Kier alpha value is -1.27. The van der Waals surface area contributed by atoms with Gasteiger partial charge in [-0.2, -0.15) is 0 Å². The number of ketones is 2. The third-order valence-electron chi connectivity index (χ3n) is 3.47. The summed E-state index contributed by atoms with van der Waals surface area (Å²) in [5.74, 6) is 0.514. The average Bonchev–Trinajstić information content (AvgIpc) is 2.45. The zero-order chi connectivity index (χ0) is 18.5. The molecule has 3 N–H and O–H groups in total. The molecule has 1 unspecified atom stereocenters. The molecule has 0 aromatic heterocycles. The van der Waals surface area contributed by atoms with Crippen LogP contribution >= 0.6 is 0 Å². The van der Waals surface area contributed by atoms with Crippen LogP contribution in [0.3, 0.4) is 0 Å². The normalized spacial score (nSPS) is 12.6. The molecule has 0 bridgehead atoms. The highest BCUT2D eigenvalue weighted by atomic mass is 16.5. The van der Waals surface area contributed by atoms with Crippen molar-refractivity contribution >= 4 is 17.5 Å². The molecule has 140 valence electrons. The number of Topliss-reactive ketones (excluding diaryl/α,β-unsaturated/α-hetero) is 2. The first-order valence-electron chi connectivity index (χ1n) is 8.86. The Morgan fingerprint density at radius 3 is 2.21 bits per heavy atom. The van der Waals surface area contributed by atoms with Gasteiger partial charge in [0.1, 0.15) is 12.4 Å². The van der Waals surface area contributed by atoms with Gasteiger partial charge in [0.05, 0.1) is 6.04 Å². The van der Waals surface area contributed by atoms with Gasteiger partial charge in [0.15, 0.2) is 5.78 Å². The fraction of sp³-hybridized carbons (Fsp3) is 0.833. The highest BCUT2D eigenvalue weighted by Crippen LogP contribution is 2.05. The standard InChI is InChI=1S/C18H34N2O4/c1-13(2)10-16(22)12-24-9-5-6-15(21)7-8-17(18(19)23)20-11-14(3)4/h13-14,17,20H,5-12H2,1-4H3,(H2,19,23). The molecule has 0 spiro atoms. The highest BCUT2D eigenvalue weighted by Gasteiger charge is 2.16. The van der Waals surface area contributed by atoms with E-state index in [1.807, 2.05) is 27.7 Å². The molecule has 0 aromatic rings. The van der Waals surface area contributed by atoms with Crippen molar-refractivity contribution in [3.63, 3.8) is 0 Å². The van der Waals surface area contributed by atoms with Crippen molar-refractivity contribution in [2.75, 3.05) is 19.8 Å². The molecule has 0 rings (SSSR count). The average molecular weight is 342 g/mol. The van der Waals surface area contributed by atoms with Crippen LogP contribution in [-0.2, 0) is 19.1 Å². The second-order valence-electron chi connectivity index (χ2n) is 7.13. The molecule has 1 amide bonds. The number of hydrogen-bond acceptors (Lipinski definition) is 5. The van der Waals surface area contributed by atoms with E-state index in [0.29, 0.717) is 57.1 Å². The van der Waals surface area contributed by atoms with Crippen molar-refractivity contribution in [1.82, 2.24) is 5.32 Å². The first-order chi connectivity index (χ1) is 11.2. The molecular weight excluding hydrogens is 308 g/mol. The van der Waals surface area contributed by atoms with Crippen LogP contribution in [-0.4, -0.2) is 43.3 Å². The first kappa shape index (κ1) is 22.7. The van der Waals surface area contributed by atoms with Gasteiger partial charge in [-0.3, -0.25) is 14.4 Å². The van der Waals surface area contributed by atoms with Crippen LogP contribution in [0.2, 0.25) is 0 Å². The summed E-state index contributed by atoms with van der Waals surface area (Å²) in [5, 5.41) is 3.09. The second-order valence-corrected chi connectivity index (χ2v) is 7.13. The molecule has 0 radical (unpaired) electrons. The van der Waals surface area contributed by atoms with Crippen LogP contribution in [0.25, 0.3) is 0 Å². The predicted molar refractivity (Wildman–Crippen MR) is 94.6 cm³/mol. The lowest BCUT2D eigenvalue weighted by Gasteiger charge is -2.16. The summed E-state index contributed by atoms with van der Waals surface area (Å²) in [6, 6.07) is -0.457. The Morgan fingerprint density at radius 2 is 1.67 bits per heavy atom. The van der Waals surface area contributed by atoms with Crippen molar-refractivity contribution < 1.29 is 19.1 Å². The van der Waals surface area contributed by atoms with E-state index < -0.39 is 11.9 Å². The van der Waals surface area contributed by atoms with E-state index >= 15 is 0 Å². The third kappa shape index (κ3) is 13.2. The van der Waals surface area contributed by atoms with E-state index in [2.05, 4.69) is 5.32 Å². The number of primary amides is 1. The first-order valence-corrected chi connectivity index (χ1v) is 8.86. The Labute approximate surface area is 145 Å². The molecule has 6 nitrogen and oxygen atoms in total. The smallest absolute Gasteiger partial charge is 0.234 e. The minimum absolute atomic E-state index is 0.0877. The minimum Gasteiger partial charge on any atom is -0.374 e. The van der Waals surface area contributed by atoms with Gasteiger partial charge >= 0.3 is 0 Å². The van der Waals surface area contributed by atoms with Crippen molar-refractivity contribution in [3.05, 3.63) is 0 Å². The summed E-state index contributed by atoms with van der Waals surface area (Å²) < 4.78 is 5.29. The maximum absolute atomic E-state index is 11.8. The topological polar surface area (TPSA) is 98.5 Å². The summed E-state index contributed by atoms with van der Waals surface area (Å²) in [5.41, 5.74) is 5.35. The van der Waals surface area contributed by atoms with Gasteiger partial charge in [-0.05, 0) is 31.2 Å². The van der Waals surface area contributed by atoms with E-state index in [4.69, 9.17) is 10.5 Å². The Bertz CT molecular complexity index is 394. The van der Waals surface area contributed by atoms with Crippen LogP contribution in [0.5, 0.6) is 0 Å². The van der Waals surface area contributed by atoms with Gasteiger partial charge in [-0.15, -0.1) is 0 Å². The Kier molecular flexibility index (Phi) is 12.4. The van der Waals surface area contributed by atoms with Gasteiger partial charge in [0.2, 0.25) is 5.91 Å². The molecule has 0 heterocycles. The minimum atomic E-state index is -0.457. The van der Waals surface area contributed by atoms with Crippen LogP contribution in [0.1, 0.15) is 59.8 Å². The lowest BCUT2D eigenvalue weighted by Crippen LogP contribution is -2.43. The quantitative estimate of drug-likeness (QED) is 0.443. The number of ether oxygens (including phenoxy) is 1. The molecular formula is C18H34N2O4. The number of amides is 1. The van der Waals surface area contributed by atoms with Crippen molar-refractivity contribution in [1.29, 1.82) is 0 Å². The lowest BCUT2D eigenvalue weighted by atomic mass is 10.0. The fourth-order valence-electron chi connectivity index (χ4n) is 2.22. The van der Waals surface area contributed by atoms with E-state index in [1.54, 1.807) is 0 Å². The molecule has 0 fully saturated rings. The van der Waals surface area contributed by atoms with Crippen LogP contribution in [0, 0.1) is 11.8 Å². The molecule has 6 heteroatoms. The van der Waals surface area contributed by atoms with Gasteiger partial charge < -0.3 is 15.8 Å². The molecule has 24 heavy (non-hydrogen) atoms. The molecule has 0 aromatic carbocycles. The van der Waals surface area contributed by atoms with Crippen molar-refractivity contribution in [3.8, 4) is 0 Å². The molecule has 0 saturated heterocycles. The van der Waals surface area contributed by atoms with Crippen molar-refractivity contribution in [2.24, 2.45) is 17.6 Å². The highest BCUT2D eigenvalue weighted by molar-refractivity contribution is 5.82. The van der Waals surface area contributed by atoms with E-state index in [1.165, 1.54) is 0 Å². The number of rotatable bonds is 15. The largest absolute Gasteiger partial charge is 0.374 e. The van der Waals surface area contributed by atoms with Gasteiger partial charge in [-0.1, -0.05) is 27.7 Å². The SMILES string of the molecule is CC(C)CNC(CCC(=O)CCCOCC(=O)CC(C)C)C(N)=O. The summed E-state index contributed by atoms with van der Waals surface area (Å²) in [7, 11) is 0. The maximum Gasteiger partial charge on any atom is 0.234 e. The molecule has 0 saturated carbocycles. The van der Waals surface area contributed by atoms with Crippen molar-refractivity contribution in [2.45, 2.75) is 65.8 Å². The number of carbonyl (C=O) groups is 3. The van der Waals surface area contributed by atoms with Gasteiger partial charge in [-0.25, -0.2) is 0 Å². The van der Waals surface area contributed by atoms with E-state index in [-0.39, 0.29) is 18.2 Å². The molecule has 0 aliphatic carbocycles. The number of nitrogens with one attached hydrogen (secondary N) is 1. The molecule has 0 aliphatic heterocycles. The van der Waals surface area contributed by atoms with Crippen LogP contribution in [0.4, 0.5) is 0 Å². The monoisotopic (exact) mass is 342 g/mol. The number of carbonyl (C=O) groups excluding carboxylic acids is 3. The van der Waals surface area contributed by atoms with Crippen LogP contribution < -0.4 is 11.1 Å². The summed E-state index contributed by atoms with van der Waals surface area (Å²) in [6.07, 6.45) is 2.26. The van der Waals surface area contributed by atoms with Gasteiger partial charge in [0, 0.05) is 25.9 Å². The second kappa shape index (κ2) is 13.1. The lowest BCUT2D eigenvalue weighted by molar-refractivity contribution is -0.124. The maximum atomic E-state index is 11.8. The summed E-state index contributed by atoms with van der Waals surface area (Å²) in [6.45, 7) is 9.29. The zero-order valence-electron chi connectivity index (χ0n) is 15.6. The number of nitrogens with two attached hydrogens (primary N) is 1. The van der Waals surface area contributed by atoms with E-state index in [0.717, 1.165) is 0 Å². The predicted octanol–water partition coefficient (Wildman–Crippen LogP) is 1.85. The number of hydrogen-bond donors (Lipinski definition) is 2. The zero-order valence-corrected chi connectivity index (χ0v) is 15.6. The third-order valence-corrected chi connectivity index (χ3v) is 3.47. The van der Waals surface area contributed by atoms with Crippen LogP contribution in [0.15, 0.2) is 0 Å².